The summed E-state index contributed by atoms with van der Waals surface area (Å²) in [5, 5.41) is 0. The summed E-state index contributed by atoms with van der Waals surface area (Å²) in [4.78, 5) is 0. The lowest BCUT2D eigenvalue weighted by Crippen LogP contribution is -2.18. The summed E-state index contributed by atoms with van der Waals surface area (Å²) < 4.78 is 8.61. The summed E-state index contributed by atoms with van der Waals surface area (Å²) in [6.45, 7) is 2.09. The van der Waals surface area contributed by atoms with Crippen molar-refractivity contribution < 1.29 is 0 Å². The van der Waals surface area contributed by atoms with Crippen molar-refractivity contribution in [1.29, 1.82) is 0 Å². The first-order chi connectivity index (χ1) is 8.29. The van der Waals surface area contributed by atoms with Gasteiger partial charge in [0, 0.05) is 19.1 Å². The van der Waals surface area contributed by atoms with Crippen molar-refractivity contribution in [3.63, 3.8) is 0 Å². The Balaban J connectivity index is 2.07. The minimum absolute atomic E-state index is 0.564. The molecule has 1 aromatic rings. The van der Waals surface area contributed by atoms with Crippen LogP contribution in [-0.2, 0) is 13.1 Å². The fourth-order valence-corrected chi connectivity index (χ4v) is 4.05. The van der Waals surface area contributed by atoms with E-state index >= 15 is 0 Å². The molecule has 0 aromatic carbocycles. The van der Waals surface area contributed by atoms with Crippen molar-refractivity contribution in [3.05, 3.63) is 9.54 Å². The highest BCUT2D eigenvalue weighted by Gasteiger charge is 2.21. The summed E-state index contributed by atoms with van der Waals surface area (Å²) >= 11 is 11.2. The molecular formula is C12H19N3S2. The zero-order chi connectivity index (χ0) is 11.8. The van der Waals surface area contributed by atoms with Crippen LogP contribution in [-0.4, -0.2) is 13.9 Å². The molecule has 1 aromatic heterocycles. The first kappa shape index (κ1) is 11.7. The van der Waals surface area contributed by atoms with E-state index in [2.05, 4.69) is 13.9 Å². The molecule has 1 saturated carbocycles. The molecule has 2 heterocycles. The minimum Gasteiger partial charge on any atom is -0.290 e. The molecule has 0 atom stereocenters. The molecule has 0 unspecified atom stereocenters. The number of fused-ring (bicyclic) bond motifs is 1. The van der Waals surface area contributed by atoms with Gasteiger partial charge in [0.1, 0.15) is 0 Å². The van der Waals surface area contributed by atoms with Gasteiger partial charge >= 0.3 is 0 Å². The fraction of sp³-hybridized carbons (Fsp3) is 0.833. The van der Waals surface area contributed by atoms with E-state index in [0.717, 1.165) is 22.6 Å². The molecule has 0 radical (unpaired) electrons. The zero-order valence-electron chi connectivity index (χ0n) is 10.1. The van der Waals surface area contributed by atoms with Crippen molar-refractivity contribution in [2.45, 2.75) is 64.1 Å². The van der Waals surface area contributed by atoms with Gasteiger partial charge in [0.25, 0.3) is 0 Å². The van der Waals surface area contributed by atoms with Gasteiger partial charge in [0.15, 0.2) is 9.54 Å². The molecule has 2 aliphatic rings. The number of hydrogen-bond donors (Lipinski definition) is 0. The standard InChI is InChI=1S/C12H19N3S2/c16-11-13-8-4-5-9-14(13)12(17)15(11)10-6-2-1-3-7-10/h10H,1-9H2. The molecule has 94 valence electrons. The smallest absolute Gasteiger partial charge is 0.197 e. The van der Waals surface area contributed by atoms with Crippen LogP contribution in [0.4, 0.5) is 0 Å². The molecule has 0 amide bonds. The van der Waals surface area contributed by atoms with Crippen LogP contribution in [0.25, 0.3) is 0 Å². The molecule has 0 saturated heterocycles. The number of rotatable bonds is 1. The summed E-state index contributed by atoms with van der Waals surface area (Å²) in [6, 6.07) is 0.564. The highest BCUT2D eigenvalue weighted by atomic mass is 32.1. The zero-order valence-corrected chi connectivity index (χ0v) is 11.7. The predicted molar refractivity (Wildman–Crippen MR) is 73.4 cm³/mol. The molecule has 1 aliphatic heterocycles. The molecule has 0 N–H and O–H groups in total. The van der Waals surface area contributed by atoms with Gasteiger partial charge in [-0.1, -0.05) is 19.3 Å². The monoisotopic (exact) mass is 269 g/mol. The van der Waals surface area contributed by atoms with Crippen LogP contribution in [0, 0.1) is 9.54 Å². The third-order valence-corrected chi connectivity index (χ3v) is 4.89. The highest BCUT2D eigenvalue weighted by Crippen LogP contribution is 2.29. The molecule has 17 heavy (non-hydrogen) atoms. The van der Waals surface area contributed by atoms with Gasteiger partial charge in [-0.05, 0) is 50.1 Å². The van der Waals surface area contributed by atoms with Crippen molar-refractivity contribution in [2.75, 3.05) is 0 Å². The maximum atomic E-state index is 5.62. The molecule has 3 nitrogen and oxygen atoms in total. The molecule has 0 bridgehead atoms. The lowest BCUT2D eigenvalue weighted by molar-refractivity contribution is 0.346. The summed E-state index contributed by atoms with van der Waals surface area (Å²) in [5.41, 5.74) is 0. The van der Waals surface area contributed by atoms with Crippen LogP contribution in [0.15, 0.2) is 0 Å². The van der Waals surface area contributed by atoms with Gasteiger partial charge in [0.2, 0.25) is 0 Å². The van der Waals surface area contributed by atoms with Gasteiger partial charge in [-0.3, -0.25) is 13.9 Å². The third kappa shape index (κ3) is 1.93. The largest absolute Gasteiger partial charge is 0.290 e. The molecule has 1 fully saturated rings. The summed E-state index contributed by atoms with van der Waals surface area (Å²) in [6.07, 6.45) is 9.00. The van der Waals surface area contributed by atoms with Crippen molar-refractivity contribution in [1.82, 2.24) is 13.9 Å². The van der Waals surface area contributed by atoms with Crippen LogP contribution >= 0.6 is 24.4 Å². The second-order valence-electron chi connectivity index (χ2n) is 5.18. The van der Waals surface area contributed by atoms with Crippen LogP contribution in [0.2, 0.25) is 0 Å². The quantitative estimate of drug-likeness (QED) is 0.719. The molecule has 3 rings (SSSR count). The van der Waals surface area contributed by atoms with Crippen LogP contribution in [0.1, 0.15) is 51.0 Å². The van der Waals surface area contributed by atoms with Crippen molar-refractivity contribution >= 4 is 24.4 Å². The Morgan fingerprint density at radius 3 is 1.82 bits per heavy atom. The molecule has 1 aliphatic carbocycles. The maximum Gasteiger partial charge on any atom is 0.197 e. The topological polar surface area (TPSA) is 14.8 Å². The average Bonchev–Trinajstić information content (AvgIpc) is 2.64. The Morgan fingerprint density at radius 2 is 1.29 bits per heavy atom. The SMILES string of the molecule is S=c1n(C2CCCCC2)c(=S)n2n1CCCC2. The summed E-state index contributed by atoms with van der Waals surface area (Å²) in [5.74, 6) is 0. The maximum absolute atomic E-state index is 5.62. The van der Waals surface area contributed by atoms with E-state index < -0.39 is 0 Å². The van der Waals surface area contributed by atoms with Gasteiger partial charge < -0.3 is 0 Å². The Hall–Kier alpha value is -0.420. The second-order valence-corrected chi connectivity index (χ2v) is 5.91. The molecule has 5 heteroatoms. The van der Waals surface area contributed by atoms with E-state index in [4.69, 9.17) is 24.4 Å². The van der Waals surface area contributed by atoms with E-state index in [0.29, 0.717) is 6.04 Å². The normalized spacial score (nSPS) is 21.4. The lowest BCUT2D eigenvalue weighted by Gasteiger charge is -2.22. The first-order valence-electron chi connectivity index (χ1n) is 6.71. The number of nitrogens with zero attached hydrogens (tertiary/aromatic N) is 3. The Kier molecular flexibility index (Phi) is 3.21. The second kappa shape index (κ2) is 4.69. The van der Waals surface area contributed by atoms with Crippen LogP contribution in [0.5, 0.6) is 0 Å². The third-order valence-electron chi connectivity index (χ3n) is 4.07. The Labute approximate surface area is 112 Å². The van der Waals surface area contributed by atoms with Gasteiger partial charge in [-0.15, -0.1) is 0 Å². The number of hydrogen-bond acceptors (Lipinski definition) is 2. The lowest BCUT2D eigenvalue weighted by atomic mass is 9.95. The minimum atomic E-state index is 0.564. The van der Waals surface area contributed by atoms with E-state index in [9.17, 15) is 0 Å². The summed E-state index contributed by atoms with van der Waals surface area (Å²) in [7, 11) is 0. The van der Waals surface area contributed by atoms with Crippen molar-refractivity contribution in [3.8, 4) is 0 Å². The van der Waals surface area contributed by atoms with E-state index in [1.807, 2.05) is 0 Å². The molecular weight excluding hydrogens is 250 g/mol. The van der Waals surface area contributed by atoms with Crippen LogP contribution in [0.3, 0.4) is 0 Å². The van der Waals surface area contributed by atoms with Crippen molar-refractivity contribution in [2.24, 2.45) is 0 Å². The Bertz CT molecular complexity index is 479. The first-order valence-corrected chi connectivity index (χ1v) is 7.53. The average molecular weight is 269 g/mol. The van der Waals surface area contributed by atoms with E-state index in [-0.39, 0.29) is 0 Å². The van der Waals surface area contributed by atoms with Crippen LogP contribution < -0.4 is 0 Å². The molecule has 0 spiro atoms. The Morgan fingerprint density at radius 1 is 0.765 bits per heavy atom. The van der Waals surface area contributed by atoms with E-state index in [1.165, 1.54) is 44.9 Å². The van der Waals surface area contributed by atoms with E-state index in [1.54, 1.807) is 0 Å². The number of aromatic nitrogens is 3. The predicted octanol–water partition coefficient (Wildman–Crippen LogP) is 3.85. The van der Waals surface area contributed by atoms with Gasteiger partial charge in [-0.25, -0.2) is 0 Å². The van der Waals surface area contributed by atoms with Gasteiger partial charge in [0.05, 0.1) is 0 Å². The van der Waals surface area contributed by atoms with Gasteiger partial charge in [-0.2, -0.15) is 0 Å². The fourth-order valence-electron chi connectivity index (χ4n) is 3.14. The highest BCUT2D eigenvalue weighted by molar-refractivity contribution is 7.72.